The summed E-state index contributed by atoms with van der Waals surface area (Å²) >= 11 is 0. The van der Waals surface area contributed by atoms with Crippen LogP contribution in [0.4, 0.5) is 10.1 Å². The van der Waals surface area contributed by atoms with Gasteiger partial charge in [0.1, 0.15) is 18.2 Å². The van der Waals surface area contributed by atoms with E-state index in [2.05, 4.69) is 17.4 Å². The summed E-state index contributed by atoms with van der Waals surface area (Å²) in [5, 5.41) is 2.82. The number of rotatable bonds is 6. The van der Waals surface area contributed by atoms with E-state index in [0.717, 1.165) is 18.6 Å². The third-order valence-electron chi connectivity index (χ3n) is 5.38. The number of carbonyl (C=O) groups is 2. The molecule has 1 fully saturated rings. The average Bonchev–Trinajstić information content (AvgIpc) is 3.31. The van der Waals surface area contributed by atoms with Crippen LogP contribution in [-0.2, 0) is 22.4 Å². The number of carbonyl (C=O) groups excluding carboxylic acids is 2. The number of anilines is 1. The molecule has 6 heteroatoms. The van der Waals surface area contributed by atoms with Crippen molar-refractivity contribution >= 4 is 17.5 Å². The monoisotopic (exact) mass is 382 g/mol. The highest BCUT2D eigenvalue weighted by molar-refractivity contribution is 6.00. The average molecular weight is 382 g/mol. The molecule has 2 aromatic carbocycles. The Labute approximate surface area is 163 Å². The van der Waals surface area contributed by atoms with Crippen molar-refractivity contribution in [2.75, 3.05) is 24.6 Å². The van der Waals surface area contributed by atoms with Crippen LogP contribution in [0.25, 0.3) is 0 Å². The lowest BCUT2D eigenvalue weighted by Gasteiger charge is -2.17. The minimum Gasteiger partial charge on any atom is -0.492 e. The van der Waals surface area contributed by atoms with Gasteiger partial charge in [0.25, 0.3) is 0 Å². The molecule has 2 aliphatic rings. The number of nitrogens with zero attached hydrogens (tertiary/aromatic N) is 1. The Morgan fingerprint density at radius 2 is 2.00 bits per heavy atom. The van der Waals surface area contributed by atoms with Gasteiger partial charge in [0.2, 0.25) is 11.8 Å². The molecule has 1 N–H and O–H groups in total. The van der Waals surface area contributed by atoms with Crippen LogP contribution in [0.3, 0.4) is 0 Å². The quantitative estimate of drug-likeness (QED) is 0.782. The van der Waals surface area contributed by atoms with E-state index >= 15 is 0 Å². The Kier molecular flexibility index (Phi) is 5.28. The van der Waals surface area contributed by atoms with Crippen LogP contribution in [-0.4, -0.2) is 31.5 Å². The predicted octanol–water partition coefficient (Wildman–Crippen LogP) is 2.86. The van der Waals surface area contributed by atoms with Crippen LogP contribution in [0.2, 0.25) is 0 Å². The highest BCUT2D eigenvalue weighted by Crippen LogP contribution is 2.28. The lowest BCUT2D eigenvalue weighted by molar-refractivity contribution is -0.126. The number of aryl methyl sites for hydroxylation is 2. The van der Waals surface area contributed by atoms with Gasteiger partial charge in [0.05, 0.1) is 18.2 Å². The van der Waals surface area contributed by atoms with E-state index in [9.17, 15) is 14.0 Å². The van der Waals surface area contributed by atoms with Gasteiger partial charge in [-0.15, -0.1) is 0 Å². The number of fused-ring (bicyclic) bond motifs is 1. The van der Waals surface area contributed by atoms with Crippen LogP contribution in [0.15, 0.2) is 42.5 Å². The maximum Gasteiger partial charge on any atom is 0.227 e. The maximum atomic E-state index is 13.9. The highest BCUT2D eigenvalue weighted by atomic mass is 19.1. The fourth-order valence-electron chi connectivity index (χ4n) is 3.91. The molecule has 1 unspecified atom stereocenters. The molecule has 0 saturated carbocycles. The molecule has 28 heavy (non-hydrogen) atoms. The molecule has 146 valence electrons. The first-order valence-electron chi connectivity index (χ1n) is 9.69. The highest BCUT2D eigenvalue weighted by Gasteiger charge is 2.35. The minimum atomic E-state index is -0.480. The SMILES string of the molecule is O=C(NCCOc1ccc2c(c1)CCC2)C1CC(=O)N(c2ccccc2F)C1. The van der Waals surface area contributed by atoms with E-state index in [0.29, 0.717) is 13.2 Å². The van der Waals surface area contributed by atoms with Gasteiger partial charge >= 0.3 is 0 Å². The summed E-state index contributed by atoms with van der Waals surface area (Å²) < 4.78 is 19.7. The van der Waals surface area contributed by atoms with Crippen molar-refractivity contribution in [3.8, 4) is 5.75 Å². The second-order valence-electron chi connectivity index (χ2n) is 7.28. The first-order valence-corrected chi connectivity index (χ1v) is 9.69. The van der Waals surface area contributed by atoms with Gasteiger partial charge in [-0.3, -0.25) is 9.59 Å². The van der Waals surface area contributed by atoms with Crippen molar-refractivity contribution in [3.63, 3.8) is 0 Å². The molecular formula is C22H23FN2O3. The first kappa shape index (κ1) is 18.5. The molecule has 4 rings (SSSR count). The third kappa shape index (κ3) is 3.86. The zero-order valence-corrected chi connectivity index (χ0v) is 15.6. The van der Waals surface area contributed by atoms with Crippen LogP contribution >= 0.6 is 0 Å². The number of hydrogen-bond donors (Lipinski definition) is 1. The van der Waals surface area contributed by atoms with Crippen LogP contribution in [0.5, 0.6) is 5.75 Å². The van der Waals surface area contributed by atoms with E-state index in [1.807, 2.05) is 6.07 Å². The topological polar surface area (TPSA) is 58.6 Å². The second-order valence-corrected chi connectivity index (χ2v) is 7.28. The predicted molar refractivity (Wildman–Crippen MR) is 104 cm³/mol. The number of amides is 2. The normalized spacial score (nSPS) is 18.2. The van der Waals surface area contributed by atoms with Gasteiger partial charge in [0, 0.05) is 13.0 Å². The number of nitrogens with one attached hydrogen (secondary N) is 1. The third-order valence-corrected chi connectivity index (χ3v) is 5.38. The summed E-state index contributed by atoms with van der Waals surface area (Å²) in [6.45, 7) is 0.916. The van der Waals surface area contributed by atoms with Crippen molar-refractivity contribution in [3.05, 3.63) is 59.4 Å². The molecule has 1 aliphatic heterocycles. The van der Waals surface area contributed by atoms with Gasteiger partial charge in [-0.05, 0) is 54.7 Å². The lowest BCUT2D eigenvalue weighted by atomic mass is 10.1. The smallest absolute Gasteiger partial charge is 0.227 e. The largest absolute Gasteiger partial charge is 0.492 e. The molecule has 0 aromatic heterocycles. The fraction of sp³-hybridized carbons (Fsp3) is 0.364. The molecule has 1 saturated heterocycles. The Morgan fingerprint density at radius 1 is 1.18 bits per heavy atom. The lowest BCUT2D eigenvalue weighted by Crippen LogP contribution is -2.35. The molecule has 1 atom stereocenters. The molecule has 1 aliphatic carbocycles. The van der Waals surface area contributed by atoms with Gasteiger partial charge in [-0.25, -0.2) is 4.39 Å². The van der Waals surface area contributed by atoms with Crippen LogP contribution in [0, 0.1) is 11.7 Å². The Hall–Kier alpha value is -2.89. The minimum absolute atomic E-state index is 0.0891. The summed E-state index contributed by atoms with van der Waals surface area (Å²) in [4.78, 5) is 25.9. The number of halogens is 1. The molecular weight excluding hydrogens is 359 g/mol. The standard InChI is InChI=1S/C22H23FN2O3/c23-19-6-1-2-7-20(19)25-14-17(13-21(25)26)22(27)24-10-11-28-18-9-8-15-4-3-5-16(15)12-18/h1-2,6-9,12,17H,3-5,10-11,13-14H2,(H,24,27). The summed E-state index contributed by atoms with van der Waals surface area (Å²) in [7, 11) is 0. The van der Waals surface area contributed by atoms with Crippen molar-refractivity contribution in [1.82, 2.24) is 5.32 Å². The second kappa shape index (κ2) is 8.00. The Balaban J connectivity index is 1.25. The zero-order valence-electron chi connectivity index (χ0n) is 15.6. The zero-order chi connectivity index (χ0) is 19.5. The van der Waals surface area contributed by atoms with Crippen molar-refractivity contribution in [1.29, 1.82) is 0 Å². The van der Waals surface area contributed by atoms with Crippen molar-refractivity contribution in [2.45, 2.75) is 25.7 Å². The summed E-state index contributed by atoms with van der Waals surface area (Å²) in [6, 6.07) is 12.3. The molecule has 1 heterocycles. The number of ether oxygens (including phenoxy) is 1. The van der Waals surface area contributed by atoms with E-state index in [1.165, 1.54) is 28.5 Å². The van der Waals surface area contributed by atoms with Crippen molar-refractivity contribution in [2.24, 2.45) is 5.92 Å². The van der Waals surface area contributed by atoms with Crippen LogP contribution < -0.4 is 15.0 Å². The molecule has 0 bridgehead atoms. The van der Waals surface area contributed by atoms with Crippen LogP contribution in [0.1, 0.15) is 24.0 Å². The summed E-state index contributed by atoms with van der Waals surface area (Å²) in [6.07, 6.45) is 3.51. The number of benzene rings is 2. The van der Waals surface area contributed by atoms with Gasteiger partial charge < -0.3 is 15.0 Å². The number of hydrogen-bond acceptors (Lipinski definition) is 3. The van der Waals surface area contributed by atoms with Gasteiger partial charge in [-0.1, -0.05) is 18.2 Å². The maximum absolute atomic E-state index is 13.9. The molecule has 5 nitrogen and oxygen atoms in total. The molecule has 0 spiro atoms. The van der Waals surface area contributed by atoms with Crippen molar-refractivity contribution < 1.29 is 18.7 Å². The molecule has 2 aromatic rings. The Morgan fingerprint density at radius 3 is 2.86 bits per heavy atom. The van der Waals surface area contributed by atoms with E-state index in [4.69, 9.17) is 4.74 Å². The summed E-state index contributed by atoms with van der Waals surface area (Å²) in [5.41, 5.74) is 2.97. The van der Waals surface area contributed by atoms with E-state index in [-0.39, 0.29) is 30.5 Å². The van der Waals surface area contributed by atoms with Gasteiger partial charge in [0.15, 0.2) is 0 Å². The van der Waals surface area contributed by atoms with E-state index < -0.39 is 11.7 Å². The first-order chi connectivity index (χ1) is 13.6. The summed E-state index contributed by atoms with van der Waals surface area (Å²) in [5.74, 6) is -0.562. The Bertz CT molecular complexity index is 899. The van der Waals surface area contributed by atoms with E-state index in [1.54, 1.807) is 18.2 Å². The molecule has 0 radical (unpaired) electrons. The molecule has 2 amide bonds. The van der Waals surface area contributed by atoms with Gasteiger partial charge in [-0.2, -0.15) is 0 Å². The number of para-hydroxylation sites is 1. The fourth-order valence-corrected chi connectivity index (χ4v) is 3.91.